The molecule has 3 unspecified atom stereocenters. The first-order valence-corrected chi connectivity index (χ1v) is 13.9. The van der Waals surface area contributed by atoms with Gasteiger partial charge in [-0.1, -0.05) is 21.2 Å². The Morgan fingerprint density at radius 1 is 1.02 bits per heavy atom. The van der Waals surface area contributed by atoms with E-state index >= 15 is 0 Å². The Balaban J connectivity index is 1.38. The molecule has 5 rings (SSSR count). The van der Waals surface area contributed by atoms with Crippen LogP contribution in [-0.2, 0) is 47.6 Å². The minimum atomic E-state index is -3.32. The molecular weight excluding hydrogens is 588 g/mol. The second kappa shape index (κ2) is 11.0. The van der Waals surface area contributed by atoms with Gasteiger partial charge in [0.05, 0.1) is 11.5 Å². The van der Waals surface area contributed by atoms with E-state index in [1.54, 1.807) is 0 Å². The standard InChI is InChI=1S/C24H17NO14P2/c26-12-2-5-15-18(8-12)36-19-9-13(27)3-6-16(19)24(15)17-7-11(1-4-14(17)22(30)37-24)21(29)35-10-20(28)25-23(38-40(31)32)39-41(33)34/h1-6,8-9,11,23H,7,10H2,(H3-2,25,26,27,28,31,32,33,34)/p+2. The van der Waals surface area contributed by atoms with Crippen molar-refractivity contribution in [2.24, 2.45) is 5.92 Å². The summed E-state index contributed by atoms with van der Waals surface area (Å²) in [5, 5.41) is 21.9. The van der Waals surface area contributed by atoms with Crippen molar-refractivity contribution in [3.63, 3.8) is 0 Å². The largest absolute Gasteiger partial charge is 0.699 e. The van der Waals surface area contributed by atoms with Gasteiger partial charge in [-0.15, -0.1) is 9.79 Å². The van der Waals surface area contributed by atoms with Crippen LogP contribution >= 0.6 is 16.5 Å². The van der Waals surface area contributed by atoms with Gasteiger partial charge >= 0.3 is 34.9 Å². The molecule has 1 spiro atoms. The number of phenols is 2. The molecule has 0 fully saturated rings. The molecule has 2 aromatic carbocycles. The quantitative estimate of drug-likeness (QED) is 0.165. The van der Waals surface area contributed by atoms with E-state index in [0.717, 1.165) is 0 Å². The fourth-order valence-corrected chi connectivity index (χ4v) is 5.36. The minimum absolute atomic E-state index is 0.0938. The number of carbonyl (C=O) groups is 3. The fraction of sp³-hybridized carbons (Fsp3) is 0.208. The Bertz CT molecular complexity index is 1500. The van der Waals surface area contributed by atoms with Crippen LogP contribution in [0.1, 0.15) is 17.5 Å². The molecular formula is C24H19NO14P2+2. The van der Waals surface area contributed by atoms with Crippen molar-refractivity contribution in [2.45, 2.75) is 18.4 Å². The van der Waals surface area contributed by atoms with E-state index in [2.05, 4.69) is 9.05 Å². The Hall–Kier alpha value is -4.23. The molecule has 3 aliphatic rings. The molecule has 17 heteroatoms. The number of fused-ring (bicyclic) bond motifs is 5. The predicted octanol–water partition coefficient (Wildman–Crippen LogP) is 2.15. The monoisotopic (exact) mass is 607 g/mol. The molecule has 2 heterocycles. The lowest BCUT2D eigenvalue weighted by Crippen LogP contribution is -2.39. The predicted molar refractivity (Wildman–Crippen MR) is 132 cm³/mol. The van der Waals surface area contributed by atoms with Crippen LogP contribution in [0.2, 0.25) is 0 Å². The van der Waals surface area contributed by atoms with Gasteiger partial charge in [0.25, 0.3) is 5.91 Å². The van der Waals surface area contributed by atoms with Crippen LogP contribution in [0.4, 0.5) is 0 Å². The van der Waals surface area contributed by atoms with Gasteiger partial charge in [0.15, 0.2) is 12.2 Å². The summed E-state index contributed by atoms with van der Waals surface area (Å²) in [6.45, 7) is -0.915. The normalized spacial score (nSPS) is 19.3. The van der Waals surface area contributed by atoms with Gasteiger partial charge in [-0.25, -0.2) is 4.79 Å². The van der Waals surface area contributed by atoms with Gasteiger partial charge in [-0.3, -0.25) is 14.9 Å². The molecule has 1 aliphatic carbocycles. The number of benzene rings is 2. The third kappa shape index (κ3) is 5.42. The molecule has 0 saturated heterocycles. The Morgan fingerprint density at radius 2 is 1.61 bits per heavy atom. The summed E-state index contributed by atoms with van der Waals surface area (Å²) in [5.41, 5.74) is -0.284. The van der Waals surface area contributed by atoms with Crippen LogP contribution in [0.3, 0.4) is 0 Å². The van der Waals surface area contributed by atoms with Crippen LogP contribution in [-0.4, -0.2) is 50.9 Å². The summed E-state index contributed by atoms with van der Waals surface area (Å²) >= 11 is 0. The zero-order valence-electron chi connectivity index (χ0n) is 20.5. The van der Waals surface area contributed by atoms with Crippen LogP contribution in [0, 0.1) is 5.92 Å². The lowest BCUT2D eigenvalue weighted by atomic mass is 9.73. The first-order chi connectivity index (χ1) is 19.5. The Morgan fingerprint density at radius 3 is 2.17 bits per heavy atom. The number of aromatic hydroxyl groups is 2. The highest BCUT2D eigenvalue weighted by molar-refractivity contribution is 7.32. The number of hydrogen-bond donors (Lipinski definition) is 5. The van der Waals surface area contributed by atoms with Crippen molar-refractivity contribution >= 4 is 34.4 Å². The molecule has 5 N–H and O–H groups in total. The van der Waals surface area contributed by atoms with Gasteiger partial charge in [-0.2, -0.15) is 0 Å². The van der Waals surface area contributed by atoms with E-state index in [-0.39, 0.29) is 35.0 Å². The number of hydrogen-bond acceptors (Lipinski definition) is 12. The summed E-state index contributed by atoms with van der Waals surface area (Å²) in [4.78, 5) is 55.7. The van der Waals surface area contributed by atoms with E-state index in [1.165, 1.54) is 48.6 Å². The SMILES string of the molecule is O=C(COC(=O)C1C=CC2=C(C1)C1(OC2=O)c2ccc(O)cc2Oc2cc(O)ccc21)NC(O[P+](=O)O)O[P+](=O)O. The lowest BCUT2D eigenvalue weighted by molar-refractivity contribution is -0.153. The number of nitrogens with one attached hydrogen (secondary N) is 1. The zero-order valence-corrected chi connectivity index (χ0v) is 22.2. The van der Waals surface area contributed by atoms with E-state index in [0.29, 0.717) is 16.7 Å². The Kier molecular flexibility index (Phi) is 7.58. The molecule has 3 atom stereocenters. The average molecular weight is 607 g/mol. The maximum Gasteiger partial charge on any atom is 0.699 e. The highest BCUT2D eigenvalue weighted by Crippen LogP contribution is 2.59. The summed E-state index contributed by atoms with van der Waals surface area (Å²) in [5.74, 6) is -3.60. The number of rotatable bonds is 8. The van der Waals surface area contributed by atoms with E-state index in [9.17, 15) is 33.7 Å². The molecule has 15 nitrogen and oxygen atoms in total. The molecule has 0 radical (unpaired) electrons. The maximum atomic E-state index is 13.0. The van der Waals surface area contributed by atoms with Gasteiger partial charge in [0.2, 0.25) is 0 Å². The van der Waals surface area contributed by atoms with Crippen LogP contribution in [0.5, 0.6) is 23.0 Å². The minimum Gasteiger partial charge on any atom is -0.508 e. The van der Waals surface area contributed by atoms with Gasteiger partial charge in [0, 0.05) is 32.4 Å². The maximum absolute atomic E-state index is 13.0. The molecule has 41 heavy (non-hydrogen) atoms. The lowest BCUT2D eigenvalue weighted by Gasteiger charge is -2.38. The second-order valence-electron chi connectivity index (χ2n) is 8.79. The molecule has 2 aliphatic heterocycles. The van der Waals surface area contributed by atoms with Crippen LogP contribution < -0.4 is 10.1 Å². The number of ether oxygens (including phenoxy) is 3. The smallest absolute Gasteiger partial charge is 0.508 e. The van der Waals surface area contributed by atoms with E-state index in [1.807, 2.05) is 5.32 Å². The molecule has 212 valence electrons. The van der Waals surface area contributed by atoms with Crippen molar-refractivity contribution in [1.29, 1.82) is 0 Å². The van der Waals surface area contributed by atoms with Crippen molar-refractivity contribution in [1.82, 2.24) is 5.32 Å². The van der Waals surface area contributed by atoms with Crippen molar-refractivity contribution in [2.75, 3.05) is 6.61 Å². The topological polar surface area (TPSA) is 224 Å². The Labute approximate surface area is 231 Å². The highest BCUT2D eigenvalue weighted by Gasteiger charge is 2.56. The van der Waals surface area contributed by atoms with Gasteiger partial charge in [-0.05, 0) is 36.3 Å². The third-order valence-electron chi connectivity index (χ3n) is 6.34. The second-order valence-corrected chi connectivity index (χ2v) is 10.2. The van der Waals surface area contributed by atoms with Crippen LogP contribution in [0.25, 0.3) is 0 Å². The third-order valence-corrected chi connectivity index (χ3v) is 7.09. The summed E-state index contributed by atoms with van der Waals surface area (Å²) in [7, 11) is -6.64. The van der Waals surface area contributed by atoms with Crippen molar-refractivity contribution in [3.05, 3.63) is 70.8 Å². The number of phenolic OH excluding ortho intramolecular Hbond substituents is 2. The van der Waals surface area contributed by atoms with Crippen molar-refractivity contribution in [3.8, 4) is 23.0 Å². The molecule has 0 bridgehead atoms. The molecule has 0 aromatic heterocycles. The fourth-order valence-electron chi connectivity index (χ4n) is 4.78. The summed E-state index contributed by atoms with van der Waals surface area (Å²) in [6.07, 6.45) is 0.629. The summed E-state index contributed by atoms with van der Waals surface area (Å²) in [6, 6.07) is 8.43. The van der Waals surface area contributed by atoms with Crippen LogP contribution in [0.15, 0.2) is 59.7 Å². The van der Waals surface area contributed by atoms with E-state index in [4.69, 9.17) is 24.0 Å². The first kappa shape index (κ1) is 28.3. The van der Waals surface area contributed by atoms with Gasteiger partial charge < -0.3 is 24.4 Å². The van der Waals surface area contributed by atoms with Gasteiger partial charge in [0.1, 0.15) is 23.0 Å². The molecule has 2 aromatic rings. The highest BCUT2D eigenvalue weighted by atomic mass is 31.1. The first-order valence-electron chi connectivity index (χ1n) is 11.6. The number of esters is 2. The average Bonchev–Trinajstić information content (AvgIpc) is 3.18. The van der Waals surface area contributed by atoms with Crippen molar-refractivity contribution < 1.29 is 66.8 Å². The number of carbonyl (C=O) groups excluding carboxylic acids is 3. The van der Waals surface area contributed by atoms with E-state index < -0.39 is 58.9 Å². The number of amides is 1. The summed E-state index contributed by atoms with van der Waals surface area (Å²) < 4.78 is 47.1. The molecule has 0 saturated carbocycles. The zero-order chi connectivity index (χ0) is 29.5. The molecule has 1 amide bonds.